The third kappa shape index (κ3) is 7.87. The molecule has 0 aliphatic carbocycles. The number of benzene rings is 2. The van der Waals surface area contributed by atoms with E-state index in [1.807, 2.05) is 0 Å². The van der Waals surface area contributed by atoms with Crippen LogP contribution in [-0.4, -0.2) is 32.0 Å². The van der Waals surface area contributed by atoms with Crippen LogP contribution in [0.15, 0.2) is 57.8 Å². The minimum atomic E-state index is -3.98. The van der Waals surface area contributed by atoms with E-state index in [0.29, 0.717) is 29.5 Å². The molecule has 31 heavy (non-hydrogen) atoms. The van der Waals surface area contributed by atoms with Crippen LogP contribution in [0.25, 0.3) is 0 Å². The number of hydrogen-bond acceptors (Lipinski definition) is 5. The lowest BCUT2D eigenvalue weighted by Crippen LogP contribution is -2.34. The zero-order chi connectivity index (χ0) is 23.0. The Balaban J connectivity index is 1.97. The first-order chi connectivity index (χ1) is 14.6. The van der Waals surface area contributed by atoms with Crippen LogP contribution in [0, 0.1) is 5.92 Å². The molecule has 0 aromatic heterocycles. The van der Waals surface area contributed by atoms with E-state index >= 15 is 0 Å². The molecular weight excluding hydrogens is 438 g/mol. The molecule has 0 bridgehead atoms. The molecule has 0 aliphatic rings. The number of carbonyl (C=O) groups is 1. The first-order valence-electron chi connectivity index (χ1n) is 9.38. The number of ether oxygens (including phenoxy) is 1. The summed E-state index contributed by atoms with van der Waals surface area (Å²) < 4.78 is 32.8. The van der Waals surface area contributed by atoms with Crippen molar-refractivity contribution in [2.24, 2.45) is 21.8 Å². The van der Waals surface area contributed by atoms with Gasteiger partial charge in [-0.2, -0.15) is 8.42 Å². The van der Waals surface area contributed by atoms with E-state index in [4.69, 9.17) is 28.4 Å². The van der Waals surface area contributed by atoms with Gasteiger partial charge in [-0.25, -0.2) is 0 Å². The number of thiocarbonyl (C=S) groups is 1. The van der Waals surface area contributed by atoms with Crippen LogP contribution in [0.4, 0.5) is 5.69 Å². The van der Waals surface area contributed by atoms with Gasteiger partial charge >= 0.3 is 0 Å². The molecule has 6 N–H and O–H groups in total. The Hall–Kier alpha value is -3.18. The maximum atomic E-state index is 12.5. The number of rotatable bonds is 8. The van der Waals surface area contributed by atoms with Crippen LogP contribution < -0.4 is 26.8 Å². The number of carbonyl (C=O) groups excluding carboxylic acids is 1. The summed E-state index contributed by atoms with van der Waals surface area (Å²) >= 11 is 5.16. The Morgan fingerprint density at radius 2 is 1.84 bits per heavy atom. The van der Waals surface area contributed by atoms with Crippen LogP contribution in [-0.2, 0) is 10.0 Å². The van der Waals surface area contributed by atoms with E-state index in [0.717, 1.165) is 6.42 Å². The van der Waals surface area contributed by atoms with Crippen LogP contribution in [0.1, 0.15) is 30.6 Å². The Kier molecular flexibility index (Phi) is 8.34. The van der Waals surface area contributed by atoms with Gasteiger partial charge in [-0.05, 0) is 67.0 Å². The van der Waals surface area contributed by atoms with Gasteiger partial charge in [0.05, 0.1) is 11.5 Å². The topological polar surface area (TPSA) is 149 Å². The van der Waals surface area contributed by atoms with Crippen molar-refractivity contribution < 1.29 is 17.9 Å². The first kappa shape index (κ1) is 24.1. The highest BCUT2D eigenvalue weighted by Gasteiger charge is 2.14. The van der Waals surface area contributed by atoms with Crippen LogP contribution in [0.5, 0.6) is 5.75 Å². The zero-order valence-electron chi connectivity index (χ0n) is 17.2. The Bertz CT molecular complexity index is 1060. The summed E-state index contributed by atoms with van der Waals surface area (Å²) in [6, 6.07) is 12.4. The molecule has 0 fully saturated rings. The molecule has 2 aromatic rings. The highest BCUT2D eigenvalue weighted by atomic mass is 32.2. The smallest absolute Gasteiger partial charge is 0.285 e. The number of nitrogens with one attached hydrogen (secondary N) is 2. The van der Waals surface area contributed by atoms with Gasteiger partial charge in [0, 0.05) is 11.3 Å². The van der Waals surface area contributed by atoms with Gasteiger partial charge in [0.2, 0.25) is 5.96 Å². The summed E-state index contributed by atoms with van der Waals surface area (Å²) in [6.45, 7) is 4.78. The summed E-state index contributed by atoms with van der Waals surface area (Å²) in [4.78, 5) is 12.4. The average molecular weight is 464 g/mol. The molecule has 2 aromatic carbocycles. The molecule has 2 rings (SSSR count). The van der Waals surface area contributed by atoms with Crippen molar-refractivity contribution >= 4 is 44.9 Å². The number of sulfonamides is 1. The van der Waals surface area contributed by atoms with Crippen molar-refractivity contribution in [1.82, 2.24) is 5.32 Å². The Morgan fingerprint density at radius 1 is 1.16 bits per heavy atom. The van der Waals surface area contributed by atoms with Crippen LogP contribution >= 0.6 is 12.2 Å². The van der Waals surface area contributed by atoms with Gasteiger partial charge in [0.15, 0.2) is 5.11 Å². The minimum absolute atomic E-state index is 0.0518. The molecule has 166 valence electrons. The van der Waals surface area contributed by atoms with Crippen molar-refractivity contribution in [3.63, 3.8) is 0 Å². The lowest BCUT2D eigenvalue weighted by Gasteiger charge is -2.11. The lowest BCUT2D eigenvalue weighted by atomic mass is 10.1. The van der Waals surface area contributed by atoms with Gasteiger partial charge < -0.3 is 21.5 Å². The quantitative estimate of drug-likeness (QED) is 0.264. The SMILES string of the molecule is CC(C)CCOc1cccc(C(=O)NC(=S)Nc2ccc(S(=O)(=O)N=C(N)N)cc2)c1. The maximum absolute atomic E-state index is 12.5. The molecule has 0 aliphatic heterocycles. The monoisotopic (exact) mass is 463 g/mol. The predicted octanol–water partition coefficient (Wildman–Crippen LogP) is 2.20. The number of amides is 1. The van der Waals surface area contributed by atoms with Crippen LogP contribution in [0.3, 0.4) is 0 Å². The van der Waals surface area contributed by atoms with E-state index < -0.39 is 21.9 Å². The molecule has 0 radical (unpaired) electrons. The fourth-order valence-corrected chi connectivity index (χ4v) is 3.45. The fraction of sp³-hybridized carbons (Fsp3) is 0.250. The number of nitrogens with two attached hydrogens (primary N) is 2. The summed E-state index contributed by atoms with van der Waals surface area (Å²) in [5.74, 6) is 0.166. The van der Waals surface area contributed by atoms with Gasteiger partial charge in [0.1, 0.15) is 5.75 Å². The fourth-order valence-electron chi connectivity index (χ4n) is 2.38. The molecule has 0 spiro atoms. The van der Waals surface area contributed by atoms with Crippen molar-refractivity contribution in [1.29, 1.82) is 0 Å². The van der Waals surface area contributed by atoms with Gasteiger partial charge in [0.25, 0.3) is 15.9 Å². The first-order valence-corrected chi connectivity index (χ1v) is 11.2. The van der Waals surface area contributed by atoms with Crippen molar-refractivity contribution in [3.8, 4) is 5.75 Å². The van der Waals surface area contributed by atoms with Gasteiger partial charge in [-0.1, -0.05) is 19.9 Å². The molecule has 0 saturated carbocycles. The van der Waals surface area contributed by atoms with Crippen LogP contribution in [0.2, 0.25) is 0 Å². The van der Waals surface area contributed by atoms with Crippen molar-refractivity contribution in [2.45, 2.75) is 25.2 Å². The van der Waals surface area contributed by atoms with Gasteiger partial charge in [-0.3, -0.25) is 10.1 Å². The standard InChI is InChI=1S/C20H25N5O4S2/c1-13(2)10-11-29-16-5-3-4-14(12-16)18(26)24-20(30)23-15-6-8-17(9-7-15)31(27,28)25-19(21)22/h3-9,12-13H,10-11H2,1-2H3,(H4,21,22,25)(H2,23,24,26,30). The summed E-state index contributed by atoms with van der Waals surface area (Å²) in [6.07, 6.45) is 0.913. The number of anilines is 1. The lowest BCUT2D eigenvalue weighted by molar-refractivity contribution is 0.0977. The highest BCUT2D eigenvalue weighted by molar-refractivity contribution is 7.90. The van der Waals surface area contributed by atoms with Crippen molar-refractivity contribution in [2.75, 3.05) is 11.9 Å². The third-order valence-corrected chi connectivity index (χ3v) is 5.45. The number of hydrogen-bond donors (Lipinski definition) is 4. The Labute approximate surface area is 186 Å². The van der Waals surface area contributed by atoms with E-state index in [2.05, 4.69) is 28.9 Å². The number of guanidine groups is 1. The summed E-state index contributed by atoms with van der Waals surface area (Å²) in [5.41, 5.74) is 11.1. The van der Waals surface area contributed by atoms with E-state index in [-0.39, 0.29) is 10.0 Å². The normalized spacial score (nSPS) is 10.9. The van der Waals surface area contributed by atoms with Gasteiger partial charge in [-0.15, -0.1) is 4.40 Å². The average Bonchev–Trinajstić information content (AvgIpc) is 2.67. The maximum Gasteiger partial charge on any atom is 0.285 e. The van der Waals surface area contributed by atoms with E-state index in [9.17, 15) is 13.2 Å². The van der Waals surface area contributed by atoms with E-state index in [1.54, 1.807) is 24.3 Å². The molecule has 0 heterocycles. The third-order valence-electron chi connectivity index (χ3n) is 3.92. The van der Waals surface area contributed by atoms with E-state index in [1.165, 1.54) is 24.3 Å². The summed E-state index contributed by atoms with van der Waals surface area (Å²) in [5, 5.41) is 5.43. The minimum Gasteiger partial charge on any atom is -0.494 e. The second-order valence-electron chi connectivity index (χ2n) is 6.98. The largest absolute Gasteiger partial charge is 0.494 e. The van der Waals surface area contributed by atoms with Crippen molar-refractivity contribution in [3.05, 3.63) is 54.1 Å². The zero-order valence-corrected chi connectivity index (χ0v) is 18.8. The second-order valence-corrected chi connectivity index (χ2v) is 9.00. The highest BCUT2D eigenvalue weighted by Crippen LogP contribution is 2.17. The predicted molar refractivity (Wildman–Crippen MR) is 125 cm³/mol. The summed E-state index contributed by atoms with van der Waals surface area (Å²) in [7, 11) is -3.98. The molecule has 0 saturated heterocycles. The molecule has 11 heteroatoms. The second kappa shape index (κ2) is 10.7. The molecular formula is C20H25N5O4S2. The number of nitrogens with zero attached hydrogens (tertiary/aromatic N) is 1. The Morgan fingerprint density at radius 3 is 2.45 bits per heavy atom. The molecule has 1 amide bonds. The molecule has 0 atom stereocenters. The molecule has 9 nitrogen and oxygen atoms in total. The molecule has 0 unspecified atom stereocenters.